The van der Waals surface area contributed by atoms with Gasteiger partial charge in [0.15, 0.2) is 0 Å². The summed E-state index contributed by atoms with van der Waals surface area (Å²) < 4.78 is 0. The highest BCUT2D eigenvalue weighted by Gasteiger charge is 2.22. The summed E-state index contributed by atoms with van der Waals surface area (Å²) in [4.78, 5) is 0. The van der Waals surface area contributed by atoms with Crippen molar-refractivity contribution in [3.63, 3.8) is 0 Å². The molecule has 0 radical (unpaired) electrons. The smallest absolute Gasteiger partial charge is 0.0230 e. The lowest BCUT2D eigenvalue weighted by molar-refractivity contribution is 0.692. The number of rotatable bonds is 1. The highest BCUT2D eigenvalue weighted by molar-refractivity contribution is 5.14. The van der Waals surface area contributed by atoms with E-state index in [0.717, 1.165) is 11.8 Å². The Morgan fingerprint density at radius 2 is 2.10 bits per heavy atom. The van der Waals surface area contributed by atoms with E-state index < -0.39 is 0 Å². The van der Waals surface area contributed by atoms with E-state index in [1.165, 1.54) is 32.1 Å². The molecule has 0 nitrogen and oxygen atoms in total. The lowest BCUT2D eigenvalue weighted by Gasteiger charge is -2.02. The lowest BCUT2D eigenvalue weighted by atomic mass is 10.0. The summed E-state index contributed by atoms with van der Waals surface area (Å²) in [5.74, 6) is 1.91. The summed E-state index contributed by atoms with van der Waals surface area (Å²) in [5.41, 5.74) is 1.77. The maximum Gasteiger partial charge on any atom is -0.0230 e. The topological polar surface area (TPSA) is 0 Å². The third-order valence-corrected chi connectivity index (χ3v) is 2.81. The Hall–Kier alpha value is -0.260. The molecule has 2 aliphatic carbocycles. The maximum absolute atomic E-state index is 2.55. The molecule has 2 fully saturated rings. The van der Waals surface area contributed by atoms with Crippen molar-refractivity contribution in [2.45, 2.75) is 39.0 Å². The van der Waals surface area contributed by atoms with Crippen molar-refractivity contribution in [1.82, 2.24) is 0 Å². The van der Waals surface area contributed by atoms with Crippen molar-refractivity contribution >= 4 is 0 Å². The van der Waals surface area contributed by atoms with E-state index in [0.29, 0.717) is 0 Å². The first-order valence-corrected chi connectivity index (χ1v) is 4.57. The number of allylic oxidation sites excluding steroid dienone is 2. The minimum atomic E-state index is 0.917. The molecule has 2 saturated carbocycles. The van der Waals surface area contributed by atoms with Crippen LogP contribution in [0, 0.1) is 11.8 Å². The molecular formula is C10H16. The van der Waals surface area contributed by atoms with Crippen LogP contribution in [0.1, 0.15) is 39.0 Å². The van der Waals surface area contributed by atoms with Gasteiger partial charge in [-0.15, -0.1) is 0 Å². The minimum Gasteiger partial charge on any atom is -0.0819 e. The molecule has 2 rings (SSSR count). The predicted molar refractivity (Wildman–Crippen MR) is 43.8 cm³/mol. The van der Waals surface area contributed by atoms with Crippen LogP contribution < -0.4 is 0 Å². The quantitative estimate of drug-likeness (QED) is 0.486. The second-order valence-electron chi connectivity index (χ2n) is 3.87. The standard InChI is InChI=1S/C10H16/c1-8-3-2-4-10(8)7-9-5-6-9/h7-9H,2-6H2,1H3/b10-7+. The molecule has 0 saturated heterocycles. The van der Waals surface area contributed by atoms with Gasteiger partial charge in [0.25, 0.3) is 0 Å². The Morgan fingerprint density at radius 1 is 1.30 bits per heavy atom. The van der Waals surface area contributed by atoms with Gasteiger partial charge in [0.2, 0.25) is 0 Å². The summed E-state index contributed by atoms with van der Waals surface area (Å²) in [6, 6.07) is 0. The molecular weight excluding hydrogens is 120 g/mol. The average Bonchev–Trinajstić information content (AvgIpc) is 2.62. The molecule has 0 aromatic carbocycles. The van der Waals surface area contributed by atoms with Gasteiger partial charge in [-0.05, 0) is 43.9 Å². The molecule has 0 spiro atoms. The fourth-order valence-electron chi connectivity index (χ4n) is 1.86. The largest absolute Gasteiger partial charge is 0.0819 e. The first kappa shape index (κ1) is 6.45. The first-order valence-electron chi connectivity index (χ1n) is 4.57. The Kier molecular flexibility index (Phi) is 1.55. The molecule has 0 bridgehead atoms. The SMILES string of the molecule is CC1CCC/C1=C\C1CC1. The van der Waals surface area contributed by atoms with Crippen LogP contribution in [0.4, 0.5) is 0 Å². The monoisotopic (exact) mass is 136 g/mol. The molecule has 0 aromatic heterocycles. The Bertz CT molecular complexity index is 151. The molecule has 0 amide bonds. The summed E-state index contributed by atoms with van der Waals surface area (Å²) >= 11 is 0. The van der Waals surface area contributed by atoms with Crippen LogP contribution >= 0.6 is 0 Å². The number of hydrogen-bond acceptors (Lipinski definition) is 0. The highest BCUT2D eigenvalue weighted by atomic mass is 14.3. The van der Waals surface area contributed by atoms with Gasteiger partial charge in [0.05, 0.1) is 0 Å². The second-order valence-corrected chi connectivity index (χ2v) is 3.87. The average molecular weight is 136 g/mol. The van der Waals surface area contributed by atoms with Gasteiger partial charge in [-0.25, -0.2) is 0 Å². The van der Waals surface area contributed by atoms with E-state index >= 15 is 0 Å². The third kappa shape index (κ3) is 1.25. The molecule has 56 valence electrons. The van der Waals surface area contributed by atoms with Gasteiger partial charge in [-0.1, -0.05) is 18.6 Å². The van der Waals surface area contributed by atoms with Crippen molar-refractivity contribution in [1.29, 1.82) is 0 Å². The molecule has 0 aliphatic heterocycles. The third-order valence-electron chi connectivity index (χ3n) is 2.81. The van der Waals surface area contributed by atoms with Crippen LogP contribution in [-0.2, 0) is 0 Å². The Balaban J connectivity index is 2.00. The van der Waals surface area contributed by atoms with E-state index in [4.69, 9.17) is 0 Å². The van der Waals surface area contributed by atoms with Crippen LogP contribution in [0.5, 0.6) is 0 Å². The van der Waals surface area contributed by atoms with E-state index in [-0.39, 0.29) is 0 Å². The van der Waals surface area contributed by atoms with Crippen molar-refractivity contribution in [3.05, 3.63) is 11.6 Å². The molecule has 1 atom stereocenters. The molecule has 1 unspecified atom stereocenters. The zero-order chi connectivity index (χ0) is 6.97. The molecule has 2 aliphatic rings. The zero-order valence-corrected chi connectivity index (χ0v) is 6.77. The summed E-state index contributed by atoms with van der Waals surface area (Å²) in [7, 11) is 0. The van der Waals surface area contributed by atoms with E-state index in [2.05, 4.69) is 13.0 Å². The first-order chi connectivity index (χ1) is 4.86. The van der Waals surface area contributed by atoms with E-state index in [9.17, 15) is 0 Å². The van der Waals surface area contributed by atoms with E-state index in [1.54, 1.807) is 5.57 Å². The molecule has 0 N–H and O–H groups in total. The van der Waals surface area contributed by atoms with Crippen LogP contribution in [0.3, 0.4) is 0 Å². The van der Waals surface area contributed by atoms with Crippen molar-refractivity contribution in [2.75, 3.05) is 0 Å². The van der Waals surface area contributed by atoms with Gasteiger partial charge in [0, 0.05) is 0 Å². The maximum atomic E-state index is 2.55. The summed E-state index contributed by atoms with van der Waals surface area (Å²) in [5, 5.41) is 0. The Morgan fingerprint density at radius 3 is 2.60 bits per heavy atom. The normalized spacial score (nSPS) is 37.3. The fraction of sp³-hybridized carbons (Fsp3) is 0.800. The lowest BCUT2D eigenvalue weighted by Crippen LogP contribution is -1.88. The summed E-state index contributed by atoms with van der Waals surface area (Å²) in [6.07, 6.45) is 9.78. The summed E-state index contributed by atoms with van der Waals surface area (Å²) in [6.45, 7) is 2.38. The zero-order valence-electron chi connectivity index (χ0n) is 6.77. The van der Waals surface area contributed by atoms with E-state index in [1.807, 2.05) is 0 Å². The van der Waals surface area contributed by atoms with Crippen molar-refractivity contribution < 1.29 is 0 Å². The predicted octanol–water partition coefficient (Wildman–Crippen LogP) is 3.14. The van der Waals surface area contributed by atoms with Crippen molar-refractivity contribution in [2.24, 2.45) is 11.8 Å². The number of hydrogen-bond donors (Lipinski definition) is 0. The van der Waals surface area contributed by atoms with Gasteiger partial charge in [-0.2, -0.15) is 0 Å². The van der Waals surface area contributed by atoms with Gasteiger partial charge < -0.3 is 0 Å². The molecule has 0 heterocycles. The fourth-order valence-corrected chi connectivity index (χ4v) is 1.86. The van der Waals surface area contributed by atoms with Gasteiger partial charge in [0.1, 0.15) is 0 Å². The van der Waals surface area contributed by atoms with Gasteiger partial charge in [-0.3, -0.25) is 0 Å². The van der Waals surface area contributed by atoms with Crippen molar-refractivity contribution in [3.8, 4) is 0 Å². The molecule has 0 aromatic rings. The van der Waals surface area contributed by atoms with Crippen LogP contribution in [0.25, 0.3) is 0 Å². The van der Waals surface area contributed by atoms with Crippen LogP contribution in [0.15, 0.2) is 11.6 Å². The Labute approximate surface area is 63.3 Å². The highest BCUT2D eigenvalue weighted by Crippen LogP contribution is 2.37. The second kappa shape index (κ2) is 2.41. The molecule has 0 heteroatoms. The van der Waals surface area contributed by atoms with Gasteiger partial charge >= 0.3 is 0 Å². The van der Waals surface area contributed by atoms with Crippen LogP contribution in [0.2, 0.25) is 0 Å². The minimum absolute atomic E-state index is 0.917. The van der Waals surface area contributed by atoms with Crippen LogP contribution in [-0.4, -0.2) is 0 Å². The molecule has 10 heavy (non-hydrogen) atoms.